The van der Waals surface area contributed by atoms with E-state index in [9.17, 15) is 0 Å². The van der Waals surface area contributed by atoms with Gasteiger partial charge in [0, 0.05) is 0 Å². The summed E-state index contributed by atoms with van der Waals surface area (Å²) in [5.41, 5.74) is 2.56. The van der Waals surface area contributed by atoms with Gasteiger partial charge in [-0.1, -0.05) is 0 Å². The molecule has 0 spiro atoms. The first-order chi connectivity index (χ1) is 1.91. The van der Waals surface area contributed by atoms with Crippen molar-refractivity contribution in [2.45, 2.75) is 0 Å². The third-order valence-corrected chi connectivity index (χ3v) is 0.204. The Morgan fingerprint density at radius 1 is 2.00 bits per heavy atom. The normalized spacial score (nSPS) is 4.50. The first-order valence-corrected chi connectivity index (χ1v) is 1.22. The predicted molar refractivity (Wildman–Crippen MR) is 19.5 cm³/mol. The van der Waals surface area contributed by atoms with Crippen molar-refractivity contribution in [1.29, 1.82) is 0 Å². The second kappa shape index (κ2) is 3.12. The molecular weight excluding hydrogens is 43.0 g/mol. The van der Waals surface area contributed by atoms with E-state index in [0.29, 0.717) is 0 Å². The van der Waals surface area contributed by atoms with E-state index in [-0.39, 0.29) is 0 Å². The van der Waals surface area contributed by atoms with Gasteiger partial charge >= 0.3 is 34.8 Å². The minimum atomic E-state index is 1.76. The summed E-state index contributed by atoms with van der Waals surface area (Å²) in [6, 6.07) is 0. The van der Waals surface area contributed by atoms with Crippen LogP contribution in [0.1, 0.15) is 0 Å². The molecule has 0 saturated carbocycles. The summed E-state index contributed by atoms with van der Waals surface area (Å²) in [6.45, 7) is 3.30. The van der Waals surface area contributed by atoms with Crippen LogP contribution in [-0.4, -0.2) is 17.7 Å². The van der Waals surface area contributed by atoms with Crippen molar-refractivity contribution in [3.63, 3.8) is 0 Å². The Balaban J connectivity index is 3.11. The van der Waals surface area contributed by atoms with Gasteiger partial charge in [0.2, 0.25) is 0 Å². The summed E-state index contributed by atoms with van der Waals surface area (Å²) in [4.78, 5) is 0. The van der Waals surface area contributed by atoms with Crippen molar-refractivity contribution >= 4 is 17.7 Å². The zero-order valence-electron chi connectivity index (χ0n) is 2.78. The molecule has 0 fully saturated rings. The zero-order valence-corrected chi connectivity index (χ0v) is 2.78. The molecule has 0 amide bonds. The molecule has 0 aromatic heterocycles. The van der Waals surface area contributed by atoms with Crippen LogP contribution in [0, 0.1) is 0 Å². The van der Waals surface area contributed by atoms with Gasteiger partial charge in [-0.2, -0.15) is 0 Å². The number of hydrogen-bond acceptors (Lipinski definition) is 0. The zero-order chi connectivity index (χ0) is 3.41. The summed E-state index contributed by atoms with van der Waals surface area (Å²) >= 11 is 1.88. The van der Waals surface area contributed by atoms with Gasteiger partial charge in [0.1, 0.15) is 0 Å². The van der Waals surface area contributed by atoms with Crippen molar-refractivity contribution in [1.82, 2.24) is 0 Å². The van der Waals surface area contributed by atoms with Crippen molar-refractivity contribution in [3.8, 4) is 0 Å². The standard InChI is InChI=1S/C3H3.Li/c1-3-2;/h1H,2H2;. The summed E-state index contributed by atoms with van der Waals surface area (Å²) < 4.78 is 1.76. The van der Waals surface area contributed by atoms with E-state index in [1.165, 1.54) is 0 Å². The van der Waals surface area contributed by atoms with E-state index in [2.05, 4.69) is 12.3 Å². The van der Waals surface area contributed by atoms with Gasteiger partial charge in [-0.3, -0.25) is 0 Å². The third-order valence-electron chi connectivity index (χ3n) is 0.204. The van der Waals surface area contributed by atoms with Gasteiger partial charge in [-0.15, -0.1) is 0 Å². The Labute approximate surface area is 35.4 Å². The first-order valence-electron chi connectivity index (χ1n) is 1.22. The van der Waals surface area contributed by atoms with Crippen LogP contribution in [-0.2, 0) is 0 Å². The molecule has 16 valence electrons. The van der Waals surface area contributed by atoms with E-state index in [1.54, 1.807) is 4.75 Å². The molecule has 0 aliphatic heterocycles. The predicted octanol–water partition coefficient (Wildman–Crippen LogP) is 0.453. The van der Waals surface area contributed by atoms with Gasteiger partial charge in [-0.25, -0.2) is 0 Å². The second-order valence-corrected chi connectivity index (χ2v) is 0.493. The van der Waals surface area contributed by atoms with Gasteiger partial charge in [-0.05, 0) is 0 Å². The van der Waals surface area contributed by atoms with Crippen molar-refractivity contribution in [2.75, 3.05) is 0 Å². The number of rotatable bonds is 0. The van der Waals surface area contributed by atoms with Gasteiger partial charge in [0.25, 0.3) is 0 Å². The molecule has 0 saturated heterocycles. The van der Waals surface area contributed by atoms with Crippen LogP contribution < -0.4 is 0 Å². The maximum atomic E-state index is 3.30. The third kappa shape index (κ3) is 2.12. The van der Waals surface area contributed by atoms with Gasteiger partial charge in [0.15, 0.2) is 0 Å². The molecular formula is C3H3Li. The number of hydrogen-bond donors (Lipinski definition) is 0. The monoisotopic (exact) mass is 46.0 g/mol. The molecule has 0 heterocycles. The molecule has 0 atom stereocenters. The molecule has 0 unspecified atom stereocenters. The van der Waals surface area contributed by atoms with E-state index in [1.807, 2.05) is 17.7 Å². The molecule has 0 radical (unpaired) electrons. The van der Waals surface area contributed by atoms with Crippen LogP contribution in [0.2, 0.25) is 0 Å². The molecule has 0 bridgehead atoms. The Morgan fingerprint density at radius 3 is 2.25 bits per heavy atom. The van der Waals surface area contributed by atoms with Crippen molar-refractivity contribution < 1.29 is 0 Å². The van der Waals surface area contributed by atoms with Crippen LogP contribution >= 0.6 is 0 Å². The molecule has 1 heteroatoms. The molecule has 0 aliphatic carbocycles. The molecule has 0 rings (SSSR count). The molecule has 0 nitrogen and oxygen atoms in total. The van der Waals surface area contributed by atoms with E-state index < -0.39 is 0 Å². The Bertz CT molecular complexity index is 41.2. The second-order valence-electron chi connectivity index (χ2n) is 0.493. The molecule has 0 aromatic carbocycles. The van der Waals surface area contributed by atoms with E-state index in [4.69, 9.17) is 0 Å². The van der Waals surface area contributed by atoms with Crippen LogP contribution in [0.25, 0.3) is 0 Å². The fourth-order valence-electron chi connectivity index (χ4n) is 0. The molecule has 0 N–H and O–H groups in total. The summed E-state index contributed by atoms with van der Waals surface area (Å²) in [6.07, 6.45) is 0. The summed E-state index contributed by atoms with van der Waals surface area (Å²) in [5.74, 6) is 0. The van der Waals surface area contributed by atoms with Crippen molar-refractivity contribution in [2.24, 2.45) is 0 Å². The van der Waals surface area contributed by atoms with Crippen LogP contribution in [0.3, 0.4) is 0 Å². The Kier molecular flexibility index (Phi) is 3.21. The first kappa shape index (κ1) is 4.12. The topological polar surface area (TPSA) is 0 Å². The average molecular weight is 46.0 g/mol. The molecule has 4 heavy (non-hydrogen) atoms. The van der Waals surface area contributed by atoms with E-state index >= 15 is 0 Å². The Morgan fingerprint density at radius 2 is 2.25 bits per heavy atom. The van der Waals surface area contributed by atoms with Crippen LogP contribution in [0.4, 0.5) is 0 Å². The van der Waals surface area contributed by atoms with E-state index in [0.717, 1.165) is 0 Å². The summed E-state index contributed by atoms with van der Waals surface area (Å²) in [7, 11) is 0. The maximum absolute atomic E-state index is 3.30. The fraction of sp³-hybridized carbons (Fsp3) is 0. The summed E-state index contributed by atoms with van der Waals surface area (Å²) in [5, 5.41) is 0. The Hall–Kier alpha value is 0.117. The van der Waals surface area contributed by atoms with Gasteiger partial charge in [0.05, 0.1) is 0 Å². The minimum absolute atomic E-state index is 1.76. The van der Waals surface area contributed by atoms with Crippen LogP contribution in [0.5, 0.6) is 0 Å². The molecule has 0 aromatic rings. The average Bonchev–Trinajstić information content (AvgIpc) is 1.37. The van der Waals surface area contributed by atoms with Gasteiger partial charge < -0.3 is 0 Å². The SMILES string of the molecule is [Li][CH]=C=C. The van der Waals surface area contributed by atoms with Crippen molar-refractivity contribution in [3.05, 3.63) is 17.1 Å². The fourth-order valence-corrected chi connectivity index (χ4v) is 0. The van der Waals surface area contributed by atoms with Crippen LogP contribution in [0.15, 0.2) is 17.1 Å². The molecule has 0 aliphatic rings. The quantitative estimate of drug-likeness (QED) is 0.274.